The van der Waals surface area contributed by atoms with Crippen molar-refractivity contribution in [1.29, 1.82) is 0 Å². The summed E-state index contributed by atoms with van der Waals surface area (Å²) in [5.74, 6) is -0.636. The van der Waals surface area contributed by atoms with Crippen molar-refractivity contribution in [3.8, 4) is 0 Å². The third kappa shape index (κ3) is 4.68. The monoisotopic (exact) mass is 327 g/mol. The number of nitrogens with one attached hydrogen (secondary N) is 1. The molecule has 0 bridgehead atoms. The average molecular weight is 328 g/mol. The van der Waals surface area contributed by atoms with E-state index >= 15 is 0 Å². The SMILES string of the molecule is CC(=O)N1CCCN(CC(=O)Nc2ccc(F)c(Cl)c2)CC1. The van der Waals surface area contributed by atoms with E-state index in [-0.39, 0.29) is 23.4 Å². The van der Waals surface area contributed by atoms with Crippen molar-refractivity contribution in [2.75, 3.05) is 38.0 Å². The zero-order valence-corrected chi connectivity index (χ0v) is 13.2. The van der Waals surface area contributed by atoms with Gasteiger partial charge in [-0.1, -0.05) is 11.6 Å². The van der Waals surface area contributed by atoms with Crippen molar-refractivity contribution in [2.24, 2.45) is 0 Å². The summed E-state index contributed by atoms with van der Waals surface area (Å²) in [5, 5.41) is 2.68. The molecule has 1 aliphatic rings. The van der Waals surface area contributed by atoms with Gasteiger partial charge < -0.3 is 10.2 Å². The van der Waals surface area contributed by atoms with Crippen molar-refractivity contribution in [1.82, 2.24) is 9.80 Å². The Morgan fingerprint density at radius 3 is 2.73 bits per heavy atom. The summed E-state index contributed by atoms with van der Waals surface area (Å²) >= 11 is 5.68. The van der Waals surface area contributed by atoms with E-state index in [9.17, 15) is 14.0 Å². The van der Waals surface area contributed by atoms with Crippen LogP contribution in [-0.4, -0.2) is 54.3 Å². The highest BCUT2D eigenvalue weighted by atomic mass is 35.5. The van der Waals surface area contributed by atoms with Gasteiger partial charge in [-0.05, 0) is 24.6 Å². The fraction of sp³-hybridized carbons (Fsp3) is 0.467. The van der Waals surface area contributed by atoms with Crippen LogP contribution in [0.2, 0.25) is 5.02 Å². The maximum absolute atomic E-state index is 13.1. The molecule has 1 fully saturated rings. The first-order valence-corrected chi connectivity index (χ1v) is 7.56. The molecule has 0 spiro atoms. The molecule has 1 heterocycles. The van der Waals surface area contributed by atoms with Crippen molar-refractivity contribution in [3.63, 3.8) is 0 Å². The van der Waals surface area contributed by atoms with Crippen molar-refractivity contribution in [2.45, 2.75) is 13.3 Å². The lowest BCUT2D eigenvalue weighted by molar-refractivity contribution is -0.128. The molecule has 2 rings (SSSR count). The lowest BCUT2D eigenvalue weighted by Gasteiger charge is -2.20. The summed E-state index contributed by atoms with van der Waals surface area (Å²) in [6.07, 6.45) is 0.842. The van der Waals surface area contributed by atoms with Gasteiger partial charge in [-0.2, -0.15) is 0 Å². The molecule has 0 atom stereocenters. The van der Waals surface area contributed by atoms with Gasteiger partial charge in [0.05, 0.1) is 11.6 Å². The topological polar surface area (TPSA) is 52.7 Å². The Morgan fingerprint density at radius 1 is 1.27 bits per heavy atom. The number of carbonyl (C=O) groups is 2. The number of carbonyl (C=O) groups excluding carboxylic acids is 2. The number of halogens is 2. The fourth-order valence-electron chi connectivity index (χ4n) is 2.42. The lowest BCUT2D eigenvalue weighted by atomic mass is 10.3. The molecule has 1 aliphatic heterocycles. The van der Waals surface area contributed by atoms with E-state index < -0.39 is 5.82 Å². The summed E-state index contributed by atoms with van der Waals surface area (Å²) in [5.41, 5.74) is 0.469. The van der Waals surface area contributed by atoms with E-state index in [4.69, 9.17) is 11.6 Å². The molecule has 22 heavy (non-hydrogen) atoms. The summed E-state index contributed by atoms with van der Waals surface area (Å²) < 4.78 is 13.1. The van der Waals surface area contributed by atoms with Gasteiger partial charge in [-0.3, -0.25) is 14.5 Å². The molecule has 0 radical (unpaired) electrons. The Hall–Kier alpha value is -1.66. The molecule has 0 aliphatic carbocycles. The van der Waals surface area contributed by atoms with Crippen LogP contribution in [-0.2, 0) is 9.59 Å². The van der Waals surface area contributed by atoms with Gasteiger partial charge in [0.15, 0.2) is 0 Å². The molecule has 1 aromatic rings. The van der Waals surface area contributed by atoms with E-state index in [1.807, 2.05) is 4.90 Å². The van der Waals surface area contributed by atoms with Crippen LogP contribution in [0.4, 0.5) is 10.1 Å². The van der Waals surface area contributed by atoms with Gasteiger partial charge in [-0.15, -0.1) is 0 Å². The van der Waals surface area contributed by atoms with E-state index in [1.165, 1.54) is 18.2 Å². The zero-order chi connectivity index (χ0) is 16.1. The number of anilines is 1. The fourth-order valence-corrected chi connectivity index (χ4v) is 2.60. The first-order valence-electron chi connectivity index (χ1n) is 7.18. The van der Waals surface area contributed by atoms with Crippen LogP contribution in [0.5, 0.6) is 0 Å². The molecular weight excluding hydrogens is 309 g/mol. The zero-order valence-electron chi connectivity index (χ0n) is 12.4. The predicted octanol–water partition coefficient (Wildman–Crippen LogP) is 1.97. The summed E-state index contributed by atoms with van der Waals surface area (Å²) in [6.45, 7) is 4.58. The Labute approximate surface area is 134 Å². The van der Waals surface area contributed by atoms with E-state index in [0.717, 1.165) is 19.5 Å². The van der Waals surface area contributed by atoms with Crippen LogP contribution in [0, 0.1) is 5.82 Å². The number of rotatable bonds is 3. The van der Waals surface area contributed by atoms with Crippen LogP contribution in [0.1, 0.15) is 13.3 Å². The maximum atomic E-state index is 13.1. The molecule has 1 saturated heterocycles. The Kier molecular flexibility index (Phi) is 5.74. The standard InChI is InChI=1S/C15H19ClFN3O2/c1-11(21)20-6-2-5-19(7-8-20)10-15(22)18-12-3-4-14(17)13(16)9-12/h3-4,9H,2,5-8,10H2,1H3,(H,18,22). The highest BCUT2D eigenvalue weighted by Gasteiger charge is 2.18. The quantitative estimate of drug-likeness (QED) is 0.923. The first kappa shape index (κ1) is 16.7. The molecule has 7 heteroatoms. The third-order valence-corrected chi connectivity index (χ3v) is 3.89. The van der Waals surface area contributed by atoms with Crippen LogP contribution in [0.15, 0.2) is 18.2 Å². The molecular formula is C15H19ClFN3O2. The molecule has 1 N–H and O–H groups in total. The largest absolute Gasteiger partial charge is 0.342 e. The average Bonchev–Trinajstić information content (AvgIpc) is 2.68. The number of nitrogens with zero attached hydrogens (tertiary/aromatic N) is 2. The van der Waals surface area contributed by atoms with Crippen LogP contribution < -0.4 is 5.32 Å². The van der Waals surface area contributed by atoms with Crippen LogP contribution >= 0.6 is 11.6 Å². The highest BCUT2D eigenvalue weighted by molar-refractivity contribution is 6.31. The van der Waals surface area contributed by atoms with Crippen LogP contribution in [0.3, 0.4) is 0 Å². The lowest BCUT2D eigenvalue weighted by Crippen LogP contribution is -2.37. The van der Waals surface area contributed by atoms with Crippen molar-refractivity contribution < 1.29 is 14.0 Å². The summed E-state index contributed by atoms with van der Waals surface area (Å²) in [4.78, 5) is 27.2. The van der Waals surface area contributed by atoms with Gasteiger partial charge >= 0.3 is 0 Å². The van der Waals surface area contributed by atoms with Gasteiger partial charge in [-0.25, -0.2) is 4.39 Å². The summed E-state index contributed by atoms with van der Waals surface area (Å²) in [7, 11) is 0. The van der Waals surface area contributed by atoms with Gasteiger partial charge in [0.1, 0.15) is 5.82 Å². The highest BCUT2D eigenvalue weighted by Crippen LogP contribution is 2.19. The molecule has 0 aromatic heterocycles. The maximum Gasteiger partial charge on any atom is 0.238 e. The second kappa shape index (κ2) is 7.56. The normalized spacial score (nSPS) is 16.2. The third-order valence-electron chi connectivity index (χ3n) is 3.60. The number of hydrogen-bond donors (Lipinski definition) is 1. The van der Waals surface area contributed by atoms with E-state index in [2.05, 4.69) is 5.32 Å². The molecule has 0 saturated carbocycles. The Morgan fingerprint density at radius 2 is 2.05 bits per heavy atom. The van der Waals surface area contributed by atoms with Gasteiger partial charge in [0.25, 0.3) is 0 Å². The number of benzene rings is 1. The molecule has 2 amide bonds. The van der Waals surface area contributed by atoms with Gasteiger partial charge in [0, 0.05) is 38.8 Å². The van der Waals surface area contributed by atoms with Gasteiger partial charge in [0.2, 0.25) is 11.8 Å². The van der Waals surface area contributed by atoms with Crippen LogP contribution in [0.25, 0.3) is 0 Å². The molecule has 120 valence electrons. The number of hydrogen-bond acceptors (Lipinski definition) is 3. The minimum absolute atomic E-state index is 0.0235. The predicted molar refractivity (Wildman–Crippen MR) is 83.4 cm³/mol. The minimum atomic E-state index is -0.517. The second-order valence-electron chi connectivity index (χ2n) is 5.31. The smallest absolute Gasteiger partial charge is 0.238 e. The molecule has 1 aromatic carbocycles. The molecule has 0 unspecified atom stereocenters. The minimum Gasteiger partial charge on any atom is -0.342 e. The molecule has 5 nitrogen and oxygen atoms in total. The second-order valence-corrected chi connectivity index (χ2v) is 5.72. The van der Waals surface area contributed by atoms with Crippen molar-refractivity contribution in [3.05, 3.63) is 29.0 Å². The van der Waals surface area contributed by atoms with E-state index in [1.54, 1.807) is 11.8 Å². The first-order chi connectivity index (χ1) is 10.5. The Balaban J connectivity index is 1.86. The van der Waals surface area contributed by atoms with Crippen molar-refractivity contribution >= 4 is 29.1 Å². The number of amides is 2. The van der Waals surface area contributed by atoms with E-state index in [0.29, 0.717) is 18.8 Å². The summed E-state index contributed by atoms with van der Waals surface area (Å²) in [6, 6.07) is 4.07. The Bertz CT molecular complexity index is 568.